The molecular formula is C27H20Cl2N2O7S. The maximum absolute atomic E-state index is 12.9. The van der Waals surface area contributed by atoms with Crippen LogP contribution in [0.15, 0.2) is 65.6 Å². The highest BCUT2D eigenvalue weighted by molar-refractivity contribution is 8.18. The molecule has 2 amide bonds. The quantitative estimate of drug-likeness (QED) is 0.110. The van der Waals surface area contributed by atoms with Crippen molar-refractivity contribution >= 4 is 63.7 Å². The Bertz CT molecular complexity index is 1490. The summed E-state index contributed by atoms with van der Waals surface area (Å²) in [6, 6.07) is 15.1. The third-order valence-electron chi connectivity index (χ3n) is 5.54. The number of nitrogens with zero attached hydrogens (tertiary/aromatic N) is 2. The minimum absolute atomic E-state index is 0.139. The molecule has 0 spiro atoms. The molecule has 1 saturated heterocycles. The second kappa shape index (κ2) is 12.3. The second-order valence-corrected chi connectivity index (χ2v) is 10.00. The van der Waals surface area contributed by atoms with Crippen LogP contribution in [0.3, 0.4) is 0 Å². The molecule has 3 aromatic rings. The second-order valence-electron chi connectivity index (χ2n) is 8.16. The van der Waals surface area contributed by atoms with Crippen LogP contribution in [0.25, 0.3) is 6.08 Å². The standard InChI is InChI=1S/C27H20Cl2N2O7S/c1-2-37-24-11-16(3-10-23(24)38-15-18-4-7-19(28)13-21(18)29)12-25-26(33)30(27(34)39-25)14-22(32)17-5-8-20(9-6-17)31(35)36/h3-13H,2,14-15H2,1H3/b25-12+. The number of thioether (sulfide) groups is 1. The molecule has 3 aromatic carbocycles. The molecule has 0 N–H and O–H groups in total. The average molecular weight is 587 g/mol. The van der Waals surface area contributed by atoms with Crippen molar-refractivity contribution < 1.29 is 28.8 Å². The van der Waals surface area contributed by atoms with Crippen molar-refractivity contribution in [1.29, 1.82) is 0 Å². The number of imide groups is 1. The van der Waals surface area contributed by atoms with E-state index in [4.69, 9.17) is 32.7 Å². The summed E-state index contributed by atoms with van der Waals surface area (Å²) in [5, 5.41) is 11.2. The van der Waals surface area contributed by atoms with E-state index < -0.39 is 28.4 Å². The maximum Gasteiger partial charge on any atom is 0.293 e. The van der Waals surface area contributed by atoms with Gasteiger partial charge in [0.2, 0.25) is 0 Å². The number of nitro groups is 1. The number of rotatable bonds is 10. The van der Waals surface area contributed by atoms with Gasteiger partial charge in [0.15, 0.2) is 17.3 Å². The highest BCUT2D eigenvalue weighted by Crippen LogP contribution is 2.35. The number of ketones is 1. The molecule has 0 bridgehead atoms. The van der Waals surface area contributed by atoms with Gasteiger partial charge in [-0.1, -0.05) is 35.3 Å². The van der Waals surface area contributed by atoms with E-state index in [1.54, 1.807) is 36.4 Å². The lowest BCUT2D eigenvalue weighted by atomic mass is 10.1. The Balaban J connectivity index is 1.47. The van der Waals surface area contributed by atoms with Crippen LogP contribution < -0.4 is 9.47 Å². The average Bonchev–Trinajstić information content (AvgIpc) is 3.16. The van der Waals surface area contributed by atoms with Gasteiger partial charge in [-0.3, -0.25) is 29.4 Å². The largest absolute Gasteiger partial charge is 0.490 e. The first-order valence-corrected chi connectivity index (χ1v) is 13.1. The summed E-state index contributed by atoms with van der Waals surface area (Å²) < 4.78 is 11.6. The van der Waals surface area contributed by atoms with Gasteiger partial charge < -0.3 is 9.47 Å². The third-order valence-corrected chi connectivity index (χ3v) is 7.03. The number of carbonyl (C=O) groups excluding carboxylic acids is 3. The van der Waals surface area contributed by atoms with Gasteiger partial charge in [-0.2, -0.15) is 0 Å². The van der Waals surface area contributed by atoms with Gasteiger partial charge in [0.25, 0.3) is 16.8 Å². The topological polar surface area (TPSA) is 116 Å². The van der Waals surface area contributed by atoms with Gasteiger partial charge in [0, 0.05) is 33.3 Å². The van der Waals surface area contributed by atoms with Crippen molar-refractivity contribution in [3.8, 4) is 11.5 Å². The molecule has 1 aliphatic heterocycles. The Morgan fingerprint density at radius 3 is 2.44 bits per heavy atom. The lowest BCUT2D eigenvalue weighted by Crippen LogP contribution is -2.33. The van der Waals surface area contributed by atoms with E-state index in [0.29, 0.717) is 45.5 Å². The van der Waals surface area contributed by atoms with Crippen molar-refractivity contribution in [3.63, 3.8) is 0 Å². The highest BCUT2D eigenvalue weighted by Gasteiger charge is 2.36. The molecule has 1 heterocycles. The van der Waals surface area contributed by atoms with Crippen molar-refractivity contribution in [2.45, 2.75) is 13.5 Å². The zero-order valence-corrected chi connectivity index (χ0v) is 22.7. The number of non-ortho nitro benzene ring substituents is 1. The molecule has 0 radical (unpaired) electrons. The molecule has 1 fully saturated rings. The van der Waals surface area contributed by atoms with E-state index >= 15 is 0 Å². The smallest absolute Gasteiger partial charge is 0.293 e. The van der Waals surface area contributed by atoms with Gasteiger partial charge in [0.05, 0.1) is 23.0 Å². The van der Waals surface area contributed by atoms with Gasteiger partial charge in [-0.15, -0.1) is 0 Å². The molecule has 0 saturated carbocycles. The molecule has 200 valence electrons. The molecule has 0 unspecified atom stereocenters. The number of hydrogen-bond donors (Lipinski definition) is 0. The minimum Gasteiger partial charge on any atom is -0.490 e. The molecule has 4 rings (SSSR count). The van der Waals surface area contributed by atoms with Crippen LogP contribution in [-0.2, 0) is 11.4 Å². The van der Waals surface area contributed by atoms with E-state index in [1.165, 1.54) is 30.3 Å². The minimum atomic E-state index is -0.615. The zero-order chi connectivity index (χ0) is 28.1. The highest BCUT2D eigenvalue weighted by atomic mass is 35.5. The Kier molecular flexibility index (Phi) is 8.90. The van der Waals surface area contributed by atoms with E-state index in [0.717, 1.165) is 10.5 Å². The fraction of sp³-hybridized carbons (Fsp3) is 0.148. The van der Waals surface area contributed by atoms with Gasteiger partial charge in [0.1, 0.15) is 6.61 Å². The van der Waals surface area contributed by atoms with E-state index in [2.05, 4.69) is 0 Å². The van der Waals surface area contributed by atoms with Crippen molar-refractivity contribution in [3.05, 3.63) is 102 Å². The normalized spacial score (nSPS) is 14.1. The first-order chi connectivity index (χ1) is 18.7. The number of hydrogen-bond acceptors (Lipinski definition) is 8. The number of Topliss-reactive ketones (excluding diaryl/α,β-unsaturated/α-hetero) is 1. The van der Waals surface area contributed by atoms with Gasteiger partial charge in [-0.25, -0.2) is 0 Å². The van der Waals surface area contributed by atoms with Crippen LogP contribution in [0.1, 0.15) is 28.4 Å². The molecular weight excluding hydrogens is 567 g/mol. The van der Waals surface area contributed by atoms with Crippen LogP contribution in [0, 0.1) is 10.1 Å². The SMILES string of the molecule is CCOc1cc(/C=C2/SC(=O)N(CC(=O)c3ccc([N+](=O)[O-])cc3)C2=O)ccc1OCc1ccc(Cl)cc1Cl. The predicted octanol–water partition coefficient (Wildman–Crippen LogP) is 6.80. The monoisotopic (exact) mass is 586 g/mol. The number of nitro benzene ring substituents is 1. The maximum atomic E-state index is 12.9. The zero-order valence-electron chi connectivity index (χ0n) is 20.4. The van der Waals surface area contributed by atoms with Crippen LogP contribution in [0.5, 0.6) is 11.5 Å². The summed E-state index contributed by atoms with van der Waals surface area (Å²) in [6.45, 7) is 1.88. The number of benzene rings is 3. The summed E-state index contributed by atoms with van der Waals surface area (Å²) in [6.07, 6.45) is 1.53. The summed E-state index contributed by atoms with van der Waals surface area (Å²) in [5.74, 6) is -0.240. The molecule has 0 atom stereocenters. The lowest BCUT2D eigenvalue weighted by Gasteiger charge is -2.13. The molecule has 1 aliphatic rings. The fourth-order valence-electron chi connectivity index (χ4n) is 3.59. The Morgan fingerprint density at radius 1 is 1.03 bits per heavy atom. The van der Waals surface area contributed by atoms with Crippen LogP contribution in [-0.4, -0.2) is 39.9 Å². The predicted molar refractivity (Wildman–Crippen MR) is 149 cm³/mol. The van der Waals surface area contributed by atoms with Crippen LogP contribution >= 0.6 is 35.0 Å². The molecule has 39 heavy (non-hydrogen) atoms. The molecule has 9 nitrogen and oxygen atoms in total. The summed E-state index contributed by atoms with van der Waals surface area (Å²) >= 11 is 12.9. The summed E-state index contributed by atoms with van der Waals surface area (Å²) in [7, 11) is 0. The summed E-state index contributed by atoms with van der Waals surface area (Å²) in [4.78, 5) is 49.2. The van der Waals surface area contributed by atoms with Crippen molar-refractivity contribution in [2.24, 2.45) is 0 Å². The van der Waals surface area contributed by atoms with E-state index in [-0.39, 0.29) is 22.8 Å². The van der Waals surface area contributed by atoms with Crippen molar-refractivity contribution in [2.75, 3.05) is 13.2 Å². The lowest BCUT2D eigenvalue weighted by molar-refractivity contribution is -0.384. The first-order valence-electron chi connectivity index (χ1n) is 11.5. The fourth-order valence-corrected chi connectivity index (χ4v) is 4.89. The third kappa shape index (κ3) is 6.78. The Morgan fingerprint density at radius 2 is 1.77 bits per heavy atom. The van der Waals surface area contributed by atoms with Crippen LogP contribution in [0.2, 0.25) is 10.0 Å². The number of carbonyl (C=O) groups is 3. The molecule has 12 heteroatoms. The Labute approximate surface area is 237 Å². The van der Waals surface area contributed by atoms with Crippen LogP contribution in [0.4, 0.5) is 10.5 Å². The number of halogens is 2. The molecule has 0 aliphatic carbocycles. The van der Waals surface area contributed by atoms with Gasteiger partial charge in [-0.05, 0) is 66.7 Å². The number of amides is 2. The van der Waals surface area contributed by atoms with Gasteiger partial charge >= 0.3 is 0 Å². The van der Waals surface area contributed by atoms with Crippen molar-refractivity contribution in [1.82, 2.24) is 4.90 Å². The molecule has 0 aromatic heterocycles. The van der Waals surface area contributed by atoms with E-state index in [1.807, 2.05) is 6.92 Å². The number of ether oxygens (including phenoxy) is 2. The first kappa shape index (κ1) is 28.2. The summed E-state index contributed by atoms with van der Waals surface area (Å²) in [5.41, 5.74) is 1.31. The Hall–Kier alpha value is -3.86. The van der Waals surface area contributed by atoms with E-state index in [9.17, 15) is 24.5 Å².